The normalized spacial score (nSPS) is 24.1. The molecule has 0 spiro atoms. The van der Waals surface area contributed by atoms with Crippen LogP contribution >= 0.6 is 0 Å². The van der Waals surface area contributed by atoms with E-state index < -0.39 is 5.60 Å². The fourth-order valence-corrected chi connectivity index (χ4v) is 4.06. The smallest absolute Gasteiger partial charge is 0.0594 e. The van der Waals surface area contributed by atoms with Crippen molar-refractivity contribution in [2.45, 2.75) is 77.1 Å². The number of aliphatic hydroxyl groups is 1. The molecule has 0 bridgehead atoms. The van der Waals surface area contributed by atoms with Gasteiger partial charge in [0, 0.05) is 31.7 Å². The molecule has 2 aliphatic heterocycles. The Morgan fingerprint density at radius 3 is 2.38 bits per heavy atom. The predicted molar refractivity (Wildman–Crippen MR) is 100 cm³/mol. The standard InChI is InChI=1S/C21H34N2O/c1-17-6-4-5-13-23(17)20-15-22(16-20)14-19-9-7-18(8-10-19)11-12-21(2,3)24/h7-10,17,20,24H,4-6,11-16H2,1-3H3/t17-/m0/s1. The molecule has 0 amide bonds. The summed E-state index contributed by atoms with van der Waals surface area (Å²) >= 11 is 0. The van der Waals surface area contributed by atoms with Crippen LogP contribution in [0.5, 0.6) is 0 Å². The van der Waals surface area contributed by atoms with Gasteiger partial charge in [-0.2, -0.15) is 0 Å². The maximum Gasteiger partial charge on any atom is 0.0594 e. The van der Waals surface area contributed by atoms with E-state index >= 15 is 0 Å². The highest BCUT2D eigenvalue weighted by molar-refractivity contribution is 5.23. The lowest BCUT2D eigenvalue weighted by Crippen LogP contribution is -2.61. The first-order valence-electron chi connectivity index (χ1n) is 9.69. The van der Waals surface area contributed by atoms with E-state index in [1.54, 1.807) is 0 Å². The van der Waals surface area contributed by atoms with Gasteiger partial charge in [0.05, 0.1) is 5.60 Å². The Balaban J connectivity index is 1.43. The minimum Gasteiger partial charge on any atom is -0.390 e. The zero-order valence-corrected chi connectivity index (χ0v) is 15.7. The Bertz CT molecular complexity index is 514. The number of rotatable bonds is 6. The second-order valence-electron chi connectivity index (χ2n) is 8.56. The number of hydrogen-bond donors (Lipinski definition) is 1. The molecular weight excluding hydrogens is 296 g/mol. The van der Waals surface area contributed by atoms with Crippen LogP contribution in [0.2, 0.25) is 0 Å². The largest absolute Gasteiger partial charge is 0.390 e. The Labute approximate surface area is 147 Å². The Hall–Kier alpha value is -0.900. The third-order valence-corrected chi connectivity index (χ3v) is 5.72. The lowest BCUT2D eigenvalue weighted by molar-refractivity contribution is -0.00620. The highest BCUT2D eigenvalue weighted by Gasteiger charge is 2.34. The average molecular weight is 331 g/mol. The van der Waals surface area contributed by atoms with Gasteiger partial charge in [0.25, 0.3) is 0 Å². The van der Waals surface area contributed by atoms with E-state index in [0.717, 1.165) is 31.5 Å². The van der Waals surface area contributed by atoms with Crippen LogP contribution in [0.3, 0.4) is 0 Å². The molecule has 0 unspecified atom stereocenters. The van der Waals surface area contributed by atoms with Gasteiger partial charge in [-0.15, -0.1) is 0 Å². The molecule has 2 fully saturated rings. The predicted octanol–water partition coefficient (Wildman–Crippen LogP) is 3.45. The highest BCUT2D eigenvalue weighted by atomic mass is 16.3. The molecule has 2 saturated heterocycles. The van der Waals surface area contributed by atoms with Gasteiger partial charge in [0.15, 0.2) is 0 Å². The Morgan fingerprint density at radius 1 is 1.08 bits per heavy atom. The second-order valence-corrected chi connectivity index (χ2v) is 8.56. The first-order chi connectivity index (χ1) is 11.4. The SMILES string of the molecule is C[C@H]1CCCCN1C1CN(Cc2ccc(CCC(C)(C)O)cc2)C1. The molecule has 0 saturated carbocycles. The van der Waals surface area contributed by atoms with Gasteiger partial charge in [0.2, 0.25) is 0 Å². The molecule has 2 heterocycles. The van der Waals surface area contributed by atoms with Crippen LogP contribution in [-0.2, 0) is 13.0 Å². The van der Waals surface area contributed by atoms with Crippen LogP contribution in [-0.4, -0.2) is 52.2 Å². The number of benzene rings is 1. The molecule has 2 aliphatic rings. The van der Waals surface area contributed by atoms with E-state index in [-0.39, 0.29) is 0 Å². The molecule has 3 heteroatoms. The molecule has 1 atom stereocenters. The fourth-order valence-electron chi connectivity index (χ4n) is 4.06. The quantitative estimate of drug-likeness (QED) is 0.865. The van der Waals surface area contributed by atoms with Crippen LogP contribution in [0.4, 0.5) is 0 Å². The van der Waals surface area contributed by atoms with E-state index in [2.05, 4.69) is 41.0 Å². The van der Waals surface area contributed by atoms with Crippen molar-refractivity contribution in [1.29, 1.82) is 0 Å². The van der Waals surface area contributed by atoms with Crippen LogP contribution in [0, 0.1) is 0 Å². The number of hydrogen-bond acceptors (Lipinski definition) is 3. The van der Waals surface area contributed by atoms with Crippen molar-refractivity contribution in [3.05, 3.63) is 35.4 Å². The van der Waals surface area contributed by atoms with Crippen LogP contribution in [0.25, 0.3) is 0 Å². The van der Waals surface area contributed by atoms with Gasteiger partial charge in [-0.25, -0.2) is 0 Å². The molecule has 0 aromatic heterocycles. The van der Waals surface area contributed by atoms with Gasteiger partial charge in [0.1, 0.15) is 0 Å². The van der Waals surface area contributed by atoms with Crippen molar-refractivity contribution in [2.24, 2.45) is 0 Å². The van der Waals surface area contributed by atoms with Crippen LogP contribution < -0.4 is 0 Å². The van der Waals surface area contributed by atoms with Crippen molar-refractivity contribution < 1.29 is 5.11 Å². The Kier molecular flexibility index (Phi) is 5.63. The molecule has 3 nitrogen and oxygen atoms in total. The van der Waals surface area contributed by atoms with Gasteiger partial charge in [-0.1, -0.05) is 30.7 Å². The zero-order chi connectivity index (χ0) is 17.2. The second kappa shape index (κ2) is 7.55. The van der Waals surface area contributed by atoms with Crippen molar-refractivity contribution in [1.82, 2.24) is 9.80 Å². The summed E-state index contributed by atoms with van der Waals surface area (Å²) in [6.45, 7) is 11.0. The summed E-state index contributed by atoms with van der Waals surface area (Å²) in [5.74, 6) is 0. The third-order valence-electron chi connectivity index (χ3n) is 5.72. The number of piperidine rings is 1. The molecule has 0 radical (unpaired) electrons. The highest BCUT2D eigenvalue weighted by Crippen LogP contribution is 2.25. The fraction of sp³-hybridized carbons (Fsp3) is 0.714. The van der Waals surface area contributed by atoms with E-state index in [9.17, 15) is 5.11 Å². The first-order valence-corrected chi connectivity index (χ1v) is 9.69. The molecule has 134 valence electrons. The molecule has 1 N–H and O–H groups in total. The molecule has 3 rings (SSSR count). The summed E-state index contributed by atoms with van der Waals surface area (Å²) in [6.07, 6.45) is 5.93. The zero-order valence-electron chi connectivity index (χ0n) is 15.7. The maximum atomic E-state index is 9.83. The van der Waals surface area contributed by atoms with Crippen molar-refractivity contribution >= 4 is 0 Å². The van der Waals surface area contributed by atoms with E-state index in [0.29, 0.717) is 0 Å². The molecule has 0 aliphatic carbocycles. The monoisotopic (exact) mass is 330 g/mol. The van der Waals surface area contributed by atoms with Gasteiger partial charge < -0.3 is 5.11 Å². The molecule has 1 aromatic carbocycles. The van der Waals surface area contributed by atoms with Gasteiger partial charge in [-0.05, 0) is 64.1 Å². The van der Waals surface area contributed by atoms with Crippen LogP contribution in [0.15, 0.2) is 24.3 Å². The lowest BCUT2D eigenvalue weighted by Gasteiger charge is -2.49. The van der Waals surface area contributed by atoms with Gasteiger partial charge in [-0.3, -0.25) is 9.80 Å². The topological polar surface area (TPSA) is 26.7 Å². The minimum atomic E-state index is -0.573. The first kappa shape index (κ1) is 17.9. The average Bonchev–Trinajstić information content (AvgIpc) is 2.50. The van der Waals surface area contributed by atoms with Crippen molar-refractivity contribution in [2.75, 3.05) is 19.6 Å². The number of likely N-dealkylation sites (tertiary alicyclic amines) is 2. The van der Waals surface area contributed by atoms with E-state index in [1.165, 1.54) is 50.0 Å². The lowest BCUT2D eigenvalue weighted by atomic mass is 9.96. The minimum absolute atomic E-state index is 0.573. The summed E-state index contributed by atoms with van der Waals surface area (Å²) in [5, 5.41) is 9.83. The van der Waals surface area contributed by atoms with E-state index in [1.807, 2.05) is 13.8 Å². The maximum absolute atomic E-state index is 9.83. The summed E-state index contributed by atoms with van der Waals surface area (Å²) in [7, 11) is 0. The van der Waals surface area contributed by atoms with E-state index in [4.69, 9.17) is 0 Å². The summed E-state index contributed by atoms with van der Waals surface area (Å²) in [5.41, 5.74) is 2.16. The number of nitrogens with zero attached hydrogens (tertiary/aromatic N) is 2. The summed E-state index contributed by atoms with van der Waals surface area (Å²) < 4.78 is 0. The molecule has 24 heavy (non-hydrogen) atoms. The van der Waals surface area contributed by atoms with Crippen molar-refractivity contribution in [3.8, 4) is 0 Å². The molecule has 1 aromatic rings. The third kappa shape index (κ3) is 4.81. The van der Waals surface area contributed by atoms with Crippen molar-refractivity contribution in [3.63, 3.8) is 0 Å². The van der Waals surface area contributed by atoms with Gasteiger partial charge >= 0.3 is 0 Å². The summed E-state index contributed by atoms with van der Waals surface area (Å²) in [6, 6.07) is 10.5. The summed E-state index contributed by atoms with van der Waals surface area (Å²) in [4.78, 5) is 5.30. The number of aryl methyl sites for hydroxylation is 1. The molecular formula is C21H34N2O. The Morgan fingerprint density at radius 2 is 1.75 bits per heavy atom. The van der Waals surface area contributed by atoms with Crippen LogP contribution in [0.1, 0.15) is 57.6 Å².